The molecule has 1 fully saturated rings. The first-order valence-electron chi connectivity index (χ1n) is 8.04. The summed E-state index contributed by atoms with van der Waals surface area (Å²) in [5.41, 5.74) is 2.81. The average molecular weight is 270 g/mol. The van der Waals surface area contributed by atoms with Gasteiger partial charge < -0.3 is 0 Å². The summed E-state index contributed by atoms with van der Waals surface area (Å²) >= 11 is 0. The molecule has 1 saturated carbocycles. The molecule has 0 radical (unpaired) electrons. The van der Waals surface area contributed by atoms with E-state index in [-0.39, 0.29) is 9.52 Å². The molecule has 19 heavy (non-hydrogen) atoms. The summed E-state index contributed by atoms with van der Waals surface area (Å²) < 4.78 is 0. The number of allylic oxidation sites excluding steroid dienone is 8. The number of hydrogen-bond acceptors (Lipinski definition) is 0. The lowest BCUT2D eigenvalue weighted by Gasteiger charge is -2.34. The summed E-state index contributed by atoms with van der Waals surface area (Å²) in [7, 11) is -0.0818. The van der Waals surface area contributed by atoms with Crippen molar-refractivity contribution in [2.75, 3.05) is 0 Å². The molecule has 0 amide bonds. The van der Waals surface area contributed by atoms with Crippen molar-refractivity contribution in [1.82, 2.24) is 0 Å². The largest absolute Gasteiger partial charge is 0.0840 e. The fraction of sp³-hybridized carbons (Fsp3) is 0.556. The third-order valence-electron chi connectivity index (χ3n) is 5.27. The second kappa shape index (κ2) is 5.66. The van der Waals surface area contributed by atoms with Crippen LogP contribution in [0.25, 0.3) is 0 Å². The highest BCUT2D eigenvalue weighted by Crippen LogP contribution is 2.50. The molecule has 0 aromatic rings. The van der Waals surface area contributed by atoms with E-state index < -0.39 is 0 Å². The molecule has 0 nitrogen and oxygen atoms in total. The van der Waals surface area contributed by atoms with E-state index in [1.165, 1.54) is 38.5 Å². The van der Waals surface area contributed by atoms with Crippen molar-refractivity contribution >= 4 is 9.52 Å². The van der Waals surface area contributed by atoms with Gasteiger partial charge >= 0.3 is 0 Å². The maximum Gasteiger partial charge on any atom is 0.0404 e. The van der Waals surface area contributed by atoms with Crippen LogP contribution in [0, 0.1) is 5.92 Å². The molecule has 0 heterocycles. The third-order valence-corrected chi connectivity index (χ3v) is 8.34. The van der Waals surface area contributed by atoms with Crippen molar-refractivity contribution in [3.8, 4) is 0 Å². The van der Waals surface area contributed by atoms with Gasteiger partial charge in [-0.05, 0) is 48.6 Å². The maximum absolute atomic E-state index is 2.56. The molecule has 3 atom stereocenters. The summed E-state index contributed by atoms with van der Waals surface area (Å²) in [5.74, 6) is 0.907. The zero-order valence-electron chi connectivity index (χ0n) is 12.1. The van der Waals surface area contributed by atoms with E-state index in [4.69, 9.17) is 0 Å². The van der Waals surface area contributed by atoms with E-state index in [9.17, 15) is 0 Å². The predicted octanol–water partition coefficient (Wildman–Crippen LogP) is 4.71. The van der Waals surface area contributed by atoms with Crippen molar-refractivity contribution in [1.29, 1.82) is 0 Å². The van der Waals surface area contributed by atoms with Crippen LogP contribution in [0.1, 0.15) is 45.4 Å². The molecule has 0 saturated heterocycles. The Kier molecular flexibility index (Phi) is 3.93. The van der Waals surface area contributed by atoms with E-state index in [1.54, 1.807) is 0 Å². The SMILES string of the molecule is CCCC1([SiH2]C2CCC3CC=CC=C32)C=CC=CC1. The zero-order chi connectivity index (χ0) is 13.1. The Morgan fingerprint density at radius 2 is 2.16 bits per heavy atom. The molecule has 3 aliphatic rings. The lowest BCUT2D eigenvalue weighted by atomic mass is 9.94. The van der Waals surface area contributed by atoms with Crippen LogP contribution < -0.4 is 0 Å². The van der Waals surface area contributed by atoms with Gasteiger partial charge in [0.2, 0.25) is 0 Å². The molecule has 0 N–H and O–H groups in total. The summed E-state index contributed by atoms with van der Waals surface area (Å²) in [6.07, 6.45) is 25.0. The lowest BCUT2D eigenvalue weighted by Crippen LogP contribution is -2.23. The second-order valence-corrected chi connectivity index (χ2v) is 9.41. The molecule has 0 aromatic heterocycles. The second-order valence-electron chi connectivity index (χ2n) is 6.61. The van der Waals surface area contributed by atoms with Crippen LogP contribution in [0.2, 0.25) is 10.6 Å². The zero-order valence-corrected chi connectivity index (χ0v) is 13.6. The van der Waals surface area contributed by atoms with Crippen LogP contribution in [0.3, 0.4) is 0 Å². The van der Waals surface area contributed by atoms with E-state index in [0.29, 0.717) is 5.04 Å². The quantitative estimate of drug-likeness (QED) is 0.649. The van der Waals surface area contributed by atoms with Crippen LogP contribution >= 0.6 is 0 Å². The number of hydrogen-bond donors (Lipinski definition) is 0. The molecule has 0 spiro atoms. The molecule has 3 aliphatic carbocycles. The van der Waals surface area contributed by atoms with Gasteiger partial charge in [-0.2, -0.15) is 0 Å². The Morgan fingerprint density at radius 3 is 2.95 bits per heavy atom. The minimum Gasteiger partial charge on any atom is -0.0840 e. The summed E-state index contributed by atoms with van der Waals surface area (Å²) in [6, 6.07) is 0. The maximum atomic E-state index is 2.56. The first-order valence-corrected chi connectivity index (χ1v) is 9.56. The molecule has 1 heteroatoms. The number of rotatable bonds is 4. The molecule has 3 unspecified atom stereocenters. The first kappa shape index (κ1) is 13.2. The van der Waals surface area contributed by atoms with Crippen molar-refractivity contribution in [3.05, 3.63) is 48.1 Å². The molecule has 0 aliphatic heterocycles. The first-order chi connectivity index (χ1) is 9.33. The molecular weight excluding hydrogens is 244 g/mol. The van der Waals surface area contributed by atoms with Gasteiger partial charge in [-0.3, -0.25) is 0 Å². The van der Waals surface area contributed by atoms with Gasteiger partial charge in [0.15, 0.2) is 0 Å². The van der Waals surface area contributed by atoms with Crippen LogP contribution in [0.15, 0.2) is 48.1 Å². The fourth-order valence-electron chi connectivity index (χ4n) is 4.37. The smallest absolute Gasteiger partial charge is 0.0404 e. The van der Waals surface area contributed by atoms with E-state index in [2.05, 4.69) is 49.5 Å². The monoisotopic (exact) mass is 270 g/mol. The van der Waals surface area contributed by atoms with Gasteiger partial charge in [0.05, 0.1) is 0 Å². The topological polar surface area (TPSA) is 0 Å². The van der Waals surface area contributed by atoms with Crippen molar-refractivity contribution in [2.24, 2.45) is 5.92 Å². The Morgan fingerprint density at radius 1 is 1.21 bits per heavy atom. The highest BCUT2D eigenvalue weighted by atomic mass is 28.2. The normalized spacial score (nSPS) is 37.0. The lowest BCUT2D eigenvalue weighted by molar-refractivity contribution is 0.592. The van der Waals surface area contributed by atoms with Gasteiger partial charge in [0.25, 0.3) is 0 Å². The molecular formula is C18H26Si. The molecule has 0 aromatic carbocycles. The van der Waals surface area contributed by atoms with Crippen molar-refractivity contribution < 1.29 is 0 Å². The highest BCUT2D eigenvalue weighted by molar-refractivity contribution is 6.44. The summed E-state index contributed by atoms with van der Waals surface area (Å²) in [4.78, 5) is 0. The molecule has 102 valence electrons. The molecule has 3 rings (SSSR count). The van der Waals surface area contributed by atoms with Crippen LogP contribution in [-0.4, -0.2) is 9.52 Å². The van der Waals surface area contributed by atoms with Gasteiger partial charge in [-0.25, -0.2) is 0 Å². The highest BCUT2D eigenvalue weighted by Gasteiger charge is 2.37. The van der Waals surface area contributed by atoms with E-state index in [1.807, 2.05) is 5.57 Å². The summed E-state index contributed by atoms with van der Waals surface area (Å²) in [5, 5.41) is 0.588. The Labute approximate surface area is 120 Å². The average Bonchev–Trinajstić information content (AvgIpc) is 2.83. The predicted molar refractivity (Wildman–Crippen MR) is 87.4 cm³/mol. The van der Waals surface area contributed by atoms with Crippen molar-refractivity contribution in [2.45, 2.75) is 56.0 Å². The van der Waals surface area contributed by atoms with Gasteiger partial charge in [0.1, 0.15) is 0 Å². The van der Waals surface area contributed by atoms with Gasteiger partial charge in [0, 0.05) is 9.52 Å². The number of fused-ring (bicyclic) bond motifs is 1. The third kappa shape index (κ3) is 2.71. The Hall–Kier alpha value is -0.823. The van der Waals surface area contributed by atoms with E-state index >= 15 is 0 Å². The van der Waals surface area contributed by atoms with Crippen LogP contribution in [0.4, 0.5) is 0 Å². The van der Waals surface area contributed by atoms with Crippen LogP contribution in [0.5, 0.6) is 0 Å². The fourth-order valence-corrected chi connectivity index (χ4v) is 7.66. The molecule has 0 bridgehead atoms. The Balaban J connectivity index is 1.75. The van der Waals surface area contributed by atoms with Crippen molar-refractivity contribution in [3.63, 3.8) is 0 Å². The van der Waals surface area contributed by atoms with Gasteiger partial charge in [-0.15, -0.1) is 0 Å². The van der Waals surface area contributed by atoms with Gasteiger partial charge in [-0.1, -0.05) is 61.4 Å². The van der Waals surface area contributed by atoms with Crippen LogP contribution in [-0.2, 0) is 0 Å². The van der Waals surface area contributed by atoms with E-state index in [0.717, 1.165) is 11.5 Å². The minimum absolute atomic E-state index is 0.0818. The minimum atomic E-state index is -0.0818. The standard InChI is InChI=1S/C18H26Si/c1-2-12-18(13-6-3-7-14-18)19-17-11-10-15-8-4-5-9-16(15)17/h3-7,9,13,15,17H,2,8,10-12,14,19H2,1H3. The summed E-state index contributed by atoms with van der Waals surface area (Å²) in [6.45, 7) is 2.35. The Bertz CT molecular complexity index is 441.